The number of hydrogen-bond acceptors (Lipinski definition) is 5. The molecule has 3 rings (SSSR count). The molecule has 0 aromatic heterocycles. The van der Waals surface area contributed by atoms with Gasteiger partial charge in [0.05, 0.1) is 24.5 Å². The number of hydrogen-bond donors (Lipinski definition) is 1. The molecule has 0 spiro atoms. The minimum absolute atomic E-state index is 0.123. The predicted octanol–water partition coefficient (Wildman–Crippen LogP) is 3.85. The molecule has 7 nitrogen and oxygen atoms in total. The highest BCUT2D eigenvalue weighted by atomic mass is 16.7. The zero-order valence-electron chi connectivity index (χ0n) is 18.1. The quantitative estimate of drug-likeness (QED) is 0.760. The molecule has 1 aromatic rings. The van der Waals surface area contributed by atoms with Crippen molar-refractivity contribution in [2.24, 2.45) is 0 Å². The highest BCUT2D eigenvalue weighted by Gasteiger charge is 2.33. The van der Waals surface area contributed by atoms with E-state index in [2.05, 4.69) is 5.43 Å². The number of ether oxygens (including phenoxy) is 3. The molecule has 0 bridgehead atoms. The fraction of sp³-hybridized carbons (Fsp3) is 0.391. The highest BCUT2D eigenvalue weighted by molar-refractivity contribution is 6.02. The second kappa shape index (κ2) is 8.65. The van der Waals surface area contributed by atoms with Crippen molar-refractivity contribution in [3.05, 3.63) is 64.6 Å². The van der Waals surface area contributed by atoms with E-state index in [-0.39, 0.29) is 18.6 Å². The molecule has 0 unspecified atom stereocenters. The minimum Gasteiger partial charge on any atom is -0.496 e. The monoisotopic (exact) mass is 412 g/mol. The van der Waals surface area contributed by atoms with Gasteiger partial charge in [-0.3, -0.25) is 15.0 Å². The number of amides is 2. The average molecular weight is 412 g/mol. The second-order valence-corrected chi connectivity index (χ2v) is 8.01. The largest absolute Gasteiger partial charge is 0.496 e. The van der Waals surface area contributed by atoms with Crippen LogP contribution in [0.1, 0.15) is 50.9 Å². The van der Waals surface area contributed by atoms with Crippen molar-refractivity contribution >= 4 is 11.8 Å². The number of rotatable bonds is 4. The molecule has 0 radical (unpaired) electrons. The molecule has 7 heteroatoms. The first-order valence-corrected chi connectivity index (χ1v) is 9.94. The molecular formula is C23H28N2O5. The van der Waals surface area contributed by atoms with Crippen LogP contribution in [0.5, 0.6) is 5.75 Å². The maximum Gasteiger partial charge on any atom is 0.276 e. The van der Waals surface area contributed by atoms with Gasteiger partial charge in [0.2, 0.25) is 6.79 Å². The first-order chi connectivity index (χ1) is 14.3. The van der Waals surface area contributed by atoms with E-state index in [9.17, 15) is 9.59 Å². The van der Waals surface area contributed by atoms with E-state index in [4.69, 9.17) is 14.2 Å². The summed E-state index contributed by atoms with van der Waals surface area (Å²) in [6.45, 7) is 7.66. The normalized spacial score (nSPS) is 15.8. The topological polar surface area (TPSA) is 77.1 Å². The predicted molar refractivity (Wildman–Crippen MR) is 112 cm³/mol. The van der Waals surface area contributed by atoms with Crippen LogP contribution in [0.25, 0.3) is 0 Å². The summed E-state index contributed by atoms with van der Waals surface area (Å²) in [5.74, 6) is 0.435. The Morgan fingerprint density at radius 2 is 1.97 bits per heavy atom. The molecule has 1 aromatic carbocycles. The lowest BCUT2D eigenvalue weighted by molar-refractivity contribution is -0.123. The van der Waals surface area contributed by atoms with Crippen molar-refractivity contribution < 1.29 is 23.8 Å². The summed E-state index contributed by atoms with van der Waals surface area (Å²) in [5.41, 5.74) is 4.74. The van der Waals surface area contributed by atoms with Gasteiger partial charge in [0.15, 0.2) is 0 Å². The zero-order valence-corrected chi connectivity index (χ0v) is 18.1. The number of nitrogens with one attached hydrogen (secondary N) is 1. The van der Waals surface area contributed by atoms with Crippen molar-refractivity contribution in [3.63, 3.8) is 0 Å². The van der Waals surface area contributed by atoms with Crippen LogP contribution < -0.4 is 10.2 Å². The molecule has 0 fully saturated rings. The van der Waals surface area contributed by atoms with Gasteiger partial charge in [-0.25, -0.2) is 5.01 Å². The molecular weight excluding hydrogens is 384 g/mol. The Hall–Kier alpha value is -3.22. The summed E-state index contributed by atoms with van der Waals surface area (Å²) < 4.78 is 16.2. The fourth-order valence-corrected chi connectivity index (χ4v) is 3.46. The summed E-state index contributed by atoms with van der Waals surface area (Å²) in [5, 5.41) is 1.35. The molecule has 2 aliphatic rings. The van der Waals surface area contributed by atoms with Crippen LogP contribution in [0, 0.1) is 0 Å². The van der Waals surface area contributed by atoms with E-state index in [1.54, 1.807) is 30.5 Å². The number of para-hydroxylation sites is 1. The summed E-state index contributed by atoms with van der Waals surface area (Å²) >= 11 is 0. The Labute approximate surface area is 176 Å². The van der Waals surface area contributed by atoms with Crippen molar-refractivity contribution in [1.82, 2.24) is 10.4 Å². The summed E-state index contributed by atoms with van der Waals surface area (Å²) in [6, 6.07) is 6.95. The van der Waals surface area contributed by atoms with Crippen molar-refractivity contribution in [3.8, 4) is 5.75 Å². The molecule has 30 heavy (non-hydrogen) atoms. The van der Waals surface area contributed by atoms with E-state index in [0.29, 0.717) is 35.5 Å². The number of allylic oxidation sites excluding steroid dienone is 2. The van der Waals surface area contributed by atoms with Crippen LogP contribution in [-0.4, -0.2) is 36.3 Å². The van der Waals surface area contributed by atoms with Crippen molar-refractivity contribution in [1.29, 1.82) is 0 Å². The van der Waals surface area contributed by atoms with Crippen LogP contribution in [0.2, 0.25) is 0 Å². The molecule has 0 atom stereocenters. The van der Waals surface area contributed by atoms with Gasteiger partial charge in [-0.1, -0.05) is 25.1 Å². The standard InChI is InChI=1S/C23H28N2O5/c1-6-16-17(12-11-15-13-29-14-30-20(15)16)21(26)24-25(23(2,3)4)22(27)18-9-7-8-10-19(18)28-5/h7-10,12-13H,6,11,14H2,1-5H3,(H,24,26). The summed E-state index contributed by atoms with van der Waals surface area (Å²) in [7, 11) is 1.51. The van der Waals surface area contributed by atoms with E-state index < -0.39 is 5.54 Å². The van der Waals surface area contributed by atoms with Crippen LogP contribution in [0.3, 0.4) is 0 Å². The molecule has 1 aliphatic carbocycles. The number of fused-ring (bicyclic) bond motifs is 1. The van der Waals surface area contributed by atoms with Crippen LogP contribution in [0.4, 0.5) is 0 Å². The van der Waals surface area contributed by atoms with Gasteiger partial charge in [0.1, 0.15) is 11.5 Å². The van der Waals surface area contributed by atoms with Crippen LogP contribution in [-0.2, 0) is 14.3 Å². The Balaban J connectivity index is 1.91. The maximum atomic E-state index is 13.3. The zero-order chi connectivity index (χ0) is 21.9. The number of hydrazine groups is 1. The van der Waals surface area contributed by atoms with Gasteiger partial charge in [-0.2, -0.15) is 0 Å². The lowest BCUT2D eigenvalue weighted by Gasteiger charge is -2.36. The summed E-state index contributed by atoms with van der Waals surface area (Å²) in [6.07, 6.45) is 4.65. The first-order valence-electron chi connectivity index (χ1n) is 9.94. The molecule has 0 saturated carbocycles. The molecule has 0 saturated heterocycles. The summed E-state index contributed by atoms with van der Waals surface area (Å²) in [4.78, 5) is 26.6. The van der Waals surface area contributed by atoms with E-state index in [0.717, 1.165) is 11.1 Å². The molecule has 1 N–H and O–H groups in total. The van der Waals surface area contributed by atoms with E-state index in [1.165, 1.54) is 12.1 Å². The lowest BCUT2D eigenvalue weighted by atomic mass is 9.90. The number of carbonyl (C=O) groups excluding carboxylic acids is 2. The van der Waals surface area contributed by atoms with E-state index in [1.807, 2.05) is 33.8 Å². The molecule has 1 aliphatic heterocycles. The first kappa shape index (κ1) is 21.5. The Morgan fingerprint density at radius 3 is 2.63 bits per heavy atom. The average Bonchev–Trinajstić information content (AvgIpc) is 2.75. The number of carbonyl (C=O) groups is 2. The van der Waals surface area contributed by atoms with Gasteiger partial charge < -0.3 is 14.2 Å². The van der Waals surface area contributed by atoms with Crippen LogP contribution in [0.15, 0.2) is 59.1 Å². The third-order valence-electron chi connectivity index (χ3n) is 4.94. The third-order valence-corrected chi connectivity index (χ3v) is 4.94. The fourth-order valence-electron chi connectivity index (χ4n) is 3.46. The smallest absolute Gasteiger partial charge is 0.276 e. The lowest BCUT2D eigenvalue weighted by Crippen LogP contribution is -2.56. The van der Waals surface area contributed by atoms with Gasteiger partial charge in [-0.15, -0.1) is 0 Å². The van der Waals surface area contributed by atoms with Gasteiger partial charge >= 0.3 is 0 Å². The molecule has 2 amide bonds. The minimum atomic E-state index is -0.664. The second-order valence-electron chi connectivity index (χ2n) is 8.01. The molecule has 1 heterocycles. The molecule has 160 valence electrons. The number of nitrogens with zero attached hydrogens (tertiary/aromatic N) is 1. The van der Waals surface area contributed by atoms with Gasteiger partial charge in [-0.05, 0) is 45.7 Å². The van der Waals surface area contributed by atoms with Gasteiger partial charge in [0, 0.05) is 16.7 Å². The number of methoxy groups -OCH3 is 1. The SMILES string of the molecule is CCC1=C2OCOC=C2CC=C1C(=O)NN(C(=O)c1ccccc1OC)C(C)(C)C. The highest BCUT2D eigenvalue weighted by Crippen LogP contribution is 2.34. The van der Waals surface area contributed by atoms with Crippen LogP contribution >= 0.6 is 0 Å². The Bertz CT molecular complexity index is 937. The Morgan fingerprint density at radius 1 is 1.23 bits per heavy atom. The van der Waals surface area contributed by atoms with E-state index >= 15 is 0 Å². The van der Waals surface area contributed by atoms with Crippen molar-refractivity contribution in [2.75, 3.05) is 13.9 Å². The van der Waals surface area contributed by atoms with Crippen molar-refractivity contribution in [2.45, 2.75) is 46.1 Å². The maximum absolute atomic E-state index is 13.3. The van der Waals surface area contributed by atoms with Gasteiger partial charge in [0.25, 0.3) is 11.8 Å². The number of benzene rings is 1. The Kier molecular flexibility index (Phi) is 6.20. The third kappa shape index (κ3) is 4.20.